The summed E-state index contributed by atoms with van der Waals surface area (Å²) in [6.07, 6.45) is 5.70. The van der Waals surface area contributed by atoms with Gasteiger partial charge in [-0.2, -0.15) is 5.10 Å². The number of aromatic nitrogens is 3. The van der Waals surface area contributed by atoms with Gasteiger partial charge in [0, 0.05) is 29.2 Å². The van der Waals surface area contributed by atoms with Crippen molar-refractivity contribution in [2.75, 3.05) is 5.33 Å². The maximum atomic E-state index is 4.34. The fraction of sp³-hybridized carbons (Fsp3) is 0.400. The molecule has 0 N–H and O–H groups in total. The summed E-state index contributed by atoms with van der Waals surface area (Å²) in [5.74, 6) is 0. The molecule has 0 amide bonds. The zero-order valence-electron chi connectivity index (χ0n) is 8.24. The van der Waals surface area contributed by atoms with E-state index in [2.05, 4.69) is 39.9 Å². The first kappa shape index (κ1) is 9.65. The van der Waals surface area contributed by atoms with Crippen LogP contribution in [0.2, 0.25) is 0 Å². The summed E-state index contributed by atoms with van der Waals surface area (Å²) in [5, 5.41) is 5.08. The van der Waals surface area contributed by atoms with E-state index in [0.717, 1.165) is 11.0 Å². The Labute approximate surface area is 91.3 Å². The van der Waals surface area contributed by atoms with Gasteiger partial charge in [-0.3, -0.25) is 0 Å². The van der Waals surface area contributed by atoms with E-state index in [0.29, 0.717) is 0 Å². The molecule has 2 aromatic heterocycles. The molecule has 2 heterocycles. The zero-order chi connectivity index (χ0) is 10.2. The standard InChI is InChI=1S/C10H12BrN3/c1-10(2,7-11)8-5-12-9-3-4-13-14(9)6-8/h3-6H,7H2,1-2H3. The fourth-order valence-corrected chi connectivity index (χ4v) is 1.56. The second kappa shape index (κ2) is 3.35. The maximum Gasteiger partial charge on any atom is 0.154 e. The van der Waals surface area contributed by atoms with Gasteiger partial charge in [-0.05, 0) is 5.56 Å². The Morgan fingerprint density at radius 1 is 1.50 bits per heavy atom. The first-order chi connectivity index (χ1) is 6.63. The molecule has 0 aliphatic rings. The van der Waals surface area contributed by atoms with Crippen LogP contribution < -0.4 is 0 Å². The molecule has 0 unspecified atom stereocenters. The van der Waals surface area contributed by atoms with Gasteiger partial charge in [0.25, 0.3) is 0 Å². The fourth-order valence-electron chi connectivity index (χ4n) is 1.24. The van der Waals surface area contributed by atoms with Crippen molar-refractivity contribution in [3.8, 4) is 0 Å². The summed E-state index contributed by atoms with van der Waals surface area (Å²) < 4.78 is 1.81. The SMILES string of the molecule is CC(C)(CBr)c1cnc2ccnn2c1. The van der Waals surface area contributed by atoms with Crippen LogP contribution in [0.4, 0.5) is 0 Å². The lowest BCUT2D eigenvalue weighted by Crippen LogP contribution is -2.19. The smallest absolute Gasteiger partial charge is 0.154 e. The van der Waals surface area contributed by atoms with Crippen molar-refractivity contribution in [3.63, 3.8) is 0 Å². The number of rotatable bonds is 2. The molecule has 0 saturated carbocycles. The van der Waals surface area contributed by atoms with Crippen LogP contribution in [0.25, 0.3) is 5.65 Å². The summed E-state index contributed by atoms with van der Waals surface area (Å²) in [6, 6.07) is 1.89. The summed E-state index contributed by atoms with van der Waals surface area (Å²) in [6.45, 7) is 4.35. The van der Waals surface area contributed by atoms with Gasteiger partial charge in [-0.1, -0.05) is 29.8 Å². The number of fused-ring (bicyclic) bond motifs is 1. The van der Waals surface area contributed by atoms with Gasteiger partial charge in [-0.25, -0.2) is 9.50 Å². The topological polar surface area (TPSA) is 30.2 Å². The van der Waals surface area contributed by atoms with Crippen molar-refractivity contribution < 1.29 is 0 Å². The van der Waals surface area contributed by atoms with Crippen molar-refractivity contribution in [2.45, 2.75) is 19.3 Å². The molecule has 14 heavy (non-hydrogen) atoms. The van der Waals surface area contributed by atoms with E-state index in [-0.39, 0.29) is 5.41 Å². The molecule has 0 saturated heterocycles. The van der Waals surface area contributed by atoms with Gasteiger partial charge in [-0.15, -0.1) is 0 Å². The van der Waals surface area contributed by atoms with Crippen molar-refractivity contribution in [2.24, 2.45) is 0 Å². The molecule has 4 heteroatoms. The zero-order valence-corrected chi connectivity index (χ0v) is 9.82. The number of halogens is 1. The van der Waals surface area contributed by atoms with Gasteiger partial charge >= 0.3 is 0 Å². The highest BCUT2D eigenvalue weighted by Gasteiger charge is 2.19. The lowest BCUT2D eigenvalue weighted by atomic mass is 9.89. The van der Waals surface area contributed by atoms with Gasteiger partial charge in [0.2, 0.25) is 0 Å². The van der Waals surface area contributed by atoms with Crippen molar-refractivity contribution in [3.05, 3.63) is 30.2 Å². The molecule has 3 nitrogen and oxygen atoms in total. The second-order valence-electron chi connectivity index (χ2n) is 3.99. The Hall–Kier alpha value is -0.900. The van der Waals surface area contributed by atoms with Crippen LogP contribution >= 0.6 is 15.9 Å². The van der Waals surface area contributed by atoms with Gasteiger partial charge in [0.1, 0.15) is 0 Å². The van der Waals surface area contributed by atoms with Gasteiger partial charge in [0.15, 0.2) is 5.65 Å². The Morgan fingerprint density at radius 3 is 3.00 bits per heavy atom. The molecule has 0 fully saturated rings. The molecular formula is C10H12BrN3. The molecule has 0 aliphatic carbocycles. The molecule has 0 atom stereocenters. The largest absolute Gasteiger partial charge is 0.237 e. The third kappa shape index (κ3) is 1.54. The monoisotopic (exact) mass is 253 g/mol. The van der Waals surface area contributed by atoms with Crippen molar-refractivity contribution in [1.29, 1.82) is 0 Å². The highest BCUT2D eigenvalue weighted by Crippen LogP contribution is 2.24. The average molecular weight is 254 g/mol. The lowest BCUT2D eigenvalue weighted by molar-refractivity contribution is 0.597. The van der Waals surface area contributed by atoms with Crippen molar-refractivity contribution in [1.82, 2.24) is 14.6 Å². The van der Waals surface area contributed by atoms with Crippen LogP contribution in [0.15, 0.2) is 24.7 Å². The summed E-state index contributed by atoms with van der Waals surface area (Å²) >= 11 is 3.50. The number of hydrogen-bond acceptors (Lipinski definition) is 2. The molecule has 0 aromatic carbocycles. The molecule has 0 aliphatic heterocycles. The van der Waals surface area contributed by atoms with E-state index in [1.807, 2.05) is 18.5 Å². The summed E-state index contributed by atoms with van der Waals surface area (Å²) in [5.41, 5.74) is 2.16. The van der Waals surface area contributed by atoms with Gasteiger partial charge < -0.3 is 0 Å². The molecule has 0 bridgehead atoms. The lowest BCUT2D eigenvalue weighted by Gasteiger charge is -2.21. The molecule has 0 spiro atoms. The number of hydrogen-bond donors (Lipinski definition) is 0. The van der Waals surface area contributed by atoms with E-state index >= 15 is 0 Å². The predicted octanol–water partition coefficient (Wildman–Crippen LogP) is 2.40. The van der Waals surface area contributed by atoms with E-state index in [1.54, 1.807) is 10.7 Å². The summed E-state index contributed by atoms with van der Waals surface area (Å²) in [7, 11) is 0. The molecular weight excluding hydrogens is 242 g/mol. The average Bonchev–Trinajstić information content (AvgIpc) is 2.64. The second-order valence-corrected chi connectivity index (χ2v) is 4.55. The predicted molar refractivity (Wildman–Crippen MR) is 59.8 cm³/mol. The normalized spacial score (nSPS) is 12.2. The maximum absolute atomic E-state index is 4.34. The Bertz CT molecular complexity index is 447. The molecule has 74 valence electrons. The van der Waals surface area contributed by atoms with E-state index in [4.69, 9.17) is 0 Å². The third-order valence-electron chi connectivity index (χ3n) is 2.36. The quantitative estimate of drug-likeness (QED) is 0.770. The van der Waals surface area contributed by atoms with E-state index < -0.39 is 0 Å². The minimum absolute atomic E-state index is 0.0904. The number of alkyl halides is 1. The minimum Gasteiger partial charge on any atom is -0.237 e. The molecule has 2 rings (SSSR count). The summed E-state index contributed by atoms with van der Waals surface area (Å²) in [4.78, 5) is 4.34. The molecule has 2 aromatic rings. The van der Waals surface area contributed by atoms with Crippen LogP contribution in [0, 0.1) is 0 Å². The highest BCUT2D eigenvalue weighted by molar-refractivity contribution is 9.09. The van der Waals surface area contributed by atoms with Crippen LogP contribution in [0.3, 0.4) is 0 Å². The molecule has 0 radical (unpaired) electrons. The Balaban J connectivity index is 2.53. The number of nitrogens with zero attached hydrogens (tertiary/aromatic N) is 3. The van der Waals surface area contributed by atoms with E-state index in [1.165, 1.54) is 5.56 Å². The highest BCUT2D eigenvalue weighted by atomic mass is 79.9. The minimum atomic E-state index is 0.0904. The Kier molecular flexibility index (Phi) is 2.31. The van der Waals surface area contributed by atoms with Crippen molar-refractivity contribution >= 4 is 21.6 Å². The van der Waals surface area contributed by atoms with Crippen LogP contribution in [-0.4, -0.2) is 19.9 Å². The first-order valence-electron chi connectivity index (χ1n) is 4.49. The van der Waals surface area contributed by atoms with Gasteiger partial charge in [0.05, 0.1) is 6.20 Å². The van der Waals surface area contributed by atoms with Crippen LogP contribution in [0.5, 0.6) is 0 Å². The van der Waals surface area contributed by atoms with Crippen LogP contribution in [0.1, 0.15) is 19.4 Å². The third-order valence-corrected chi connectivity index (χ3v) is 3.76. The Morgan fingerprint density at radius 2 is 2.29 bits per heavy atom. The van der Waals surface area contributed by atoms with E-state index in [9.17, 15) is 0 Å². The van der Waals surface area contributed by atoms with Crippen LogP contribution in [-0.2, 0) is 5.41 Å². The first-order valence-corrected chi connectivity index (χ1v) is 5.61.